The summed E-state index contributed by atoms with van der Waals surface area (Å²) in [4.78, 5) is 17.4. The second kappa shape index (κ2) is 9.27. The Kier molecular flexibility index (Phi) is 6.59. The third-order valence-corrected chi connectivity index (χ3v) is 6.50. The maximum Gasteiger partial charge on any atom is 0.223 e. The van der Waals surface area contributed by atoms with Crippen LogP contribution in [0.4, 0.5) is 10.2 Å². The van der Waals surface area contributed by atoms with E-state index in [1.807, 2.05) is 45.0 Å². The molecule has 2 heterocycles. The molecule has 5 nitrogen and oxygen atoms in total. The Hall–Kier alpha value is -2.70. The summed E-state index contributed by atoms with van der Waals surface area (Å²) >= 11 is 6.25. The van der Waals surface area contributed by atoms with E-state index in [4.69, 9.17) is 22.1 Å². The molecule has 2 aromatic carbocycles. The predicted molar refractivity (Wildman–Crippen MR) is 131 cm³/mol. The number of nitrogens with two attached hydrogens (primary N) is 1. The van der Waals surface area contributed by atoms with Crippen LogP contribution in [0.1, 0.15) is 39.2 Å². The number of benzene rings is 2. The van der Waals surface area contributed by atoms with Gasteiger partial charge in [0.05, 0.1) is 16.1 Å². The summed E-state index contributed by atoms with van der Waals surface area (Å²) in [5.74, 6) is -0.212. The highest BCUT2D eigenvalue weighted by Crippen LogP contribution is 2.32. The van der Waals surface area contributed by atoms with Gasteiger partial charge in [-0.2, -0.15) is 0 Å². The summed E-state index contributed by atoms with van der Waals surface area (Å²) in [7, 11) is 0. The van der Waals surface area contributed by atoms with Crippen molar-refractivity contribution < 1.29 is 13.9 Å². The molecule has 0 radical (unpaired) electrons. The van der Waals surface area contributed by atoms with Crippen LogP contribution >= 0.6 is 11.6 Å². The topological polar surface area (TPSA) is 77.2 Å². The van der Waals surface area contributed by atoms with E-state index in [0.29, 0.717) is 23.9 Å². The Bertz CT molecular complexity index is 1200. The van der Waals surface area contributed by atoms with Gasteiger partial charge in [-0.25, -0.2) is 9.37 Å². The van der Waals surface area contributed by atoms with E-state index < -0.39 is 0 Å². The fourth-order valence-corrected chi connectivity index (χ4v) is 4.69. The van der Waals surface area contributed by atoms with Crippen molar-refractivity contribution in [2.75, 3.05) is 12.3 Å². The summed E-state index contributed by atoms with van der Waals surface area (Å²) in [6.45, 7) is 6.64. The molecule has 1 saturated heterocycles. The minimum Gasteiger partial charge on any atom is -0.383 e. The summed E-state index contributed by atoms with van der Waals surface area (Å²) in [5, 5.41) is 4.40. The van der Waals surface area contributed by atoms with E-state index in [1.54, 1.807) is 6.07 Å². The van der Waals surface area contributed by atoms with Crippen molar-refractivity contribution in [3.05, 3.63) is 58.9 Å². The molecule has 3 N–H and O–H groups in total. The molecule has 1 aliphatic rings. The number of amides is 1. The molecular weight excluding hydrogens is 441 g/mol. The smallest absolute Gasteiger partial charge is 0.223 e. The molecule has 0 aliphatic carbocycles. The highest BCUT2D eigenvalue weighted by atomic mass is 35.5. The number of fused-ring (bicyclic) bond motifs is 1. The standard InChI is InChI=1S/C26H29ClFN3O2/c1-15(25(32)30-20-8-9-33-26(2,3)14-20)10-18-12-17-11-16(4-7-23(17)31-24(18)29)21-6-5-19(28)13-22(21)27/h4-7,11-13,15,20H,8-10,14H2,1-3H3,(H2,29,31)(H,30,32). The largest absolute Gasteiger partial charge is 0.383 e. The molecule has 7 heteroatoms. The van der Waals surface area contributed by atoms with Gasteiger partial charge in [-0.15, -0.1) is 0 Å². The maximum absolute atomic E-state index is 13.4. The van der Waals surface area contributed by atoms with E-state index in [-0.39, 0.29) is 29.3 Å². The van der Waals surface area contributed by atoms with Gasteiger partial charge in [0, 0.05) is 29.5 Å². The first kappa shape index (κ1) is 23.5. The van der Waals surface area contributed by atoms with Crippen LogP contribution < -0.4 is 11.1 Å². The number of rotatable bonds is 5. The lowest BCUT2D eigenvalue weighted by Crippen LogP contribution is -2.47. The van der Waals surface area contributed by atoms with Gasteiger partial charge >= 0.3 is 0 Å². The molecule has 0 saturated carbocycles. The van der Waals surface area contributed by atoms with Crippen molar-refractivity contribution in [2.24, 2.45) is 5.92 Å². The number of nitrogen functional groups attached to an aromatic ring is 1. The molecule has 33 heavy (non-hydrogen) atoms. The van der Waals surface area contributed by atoms with E-state index >= 15 is 0 Å². The normalized spacial score (nSPS) is 18.8. The molecule has 1 aromatic heterocycles. The number of ether oxygens (including phenoxy) is 1. The van der Waals surface area contributed by atoms with Gasteiger partial charge in [0.2, 0.25) is 5.91 Å². The number of hydrogen-bond acceptors (Lipinski definition) is 4. The fraction of sp³-hybridized carbons (Fsp3) is 0.385. The number of nitrogens with one attached hydrogen (secondary N) is 1. The van der Waals surface area contributed by atoms with Crippen LogP contribution in [0.2, 0.25) is 5.02 Å². The Balaban J connectivity index is 1.53. The van der Waals surface area contributed by atoms with Gasteiger partial charge in [0.1, 0.15) is 11.6 Å². The lowest BCUT2D eigenvalue weighted by Gasteiger charge is -2.36. The van der Waals surface area contributed by atoms with Crippen LogP contribution in [0, 0.1) is 11.7 Å². The first-order valence-corrected chi connectivity index (χ1v) is 11.6. The Labute approximate surface area is 198 Å². The van der Waals surface area contributed by atoms with E-state index in [2.05, 4.69) is 10.3 Å². The predicted octanol–water partition coefficient (Wildman–Crippen LogP) is 5.53. The molecule has 1 fully saturated rings. The Morgan fingerprint density at radius 1 is 1.30 bits per heavy atom. The van der Waals surface area contributed by atoms with Crippen molar-refractivity contribution in [1.29, 1.82) is 0 Å². The zero-order valence-electron chi connectivity index (χ0n) is 19.1. The van der Waals surface area contributed by atoms with Gasteiger partial charge in [-0.05, 0) is 80.6 Å². The number of anilines is 1. The van der Waals surface area contributed by atoms with Crippen LogP contribution in [-0.2, 0) is 16.0 Å². The molecule has 174 valence electrons. The summed E-state index contributed by atoms with van der Waals surface area (Å²) in [5.41, 5.74) is 9.17. The lowest BCUT2D eigenvalue weighted by molar-refractivity contribution is -0.127. The van der Waals surface area contributed by atoms with Crippen LogP contribution in [0.5, 0.6) is 0 Å². The number of halogens is 2. The molecule has 2 unspecified atom stereocenters. The molecule has 1 aliphatic heterocycles. The third kappa shape index (κ3) is 5.45. The van der Waals surface area contributed by atoms with Crippen LogP contribution in [-0.4, -0.2) is 29.1 Å². The second-order valence-electron chi connectivity index (χ2n) is 9.48. The van der Waals surface area contributed by atoms with Gasteiger partial charge in [-0.1, -0.05) is 24.6 Å². The second-order valence-corrected chi connectivity index (χ2v) is 9.88. The minimum absolute atomic E-state index is 0.00374. The van der Waals surface area contributed by atoms with E-state index in [9.17, 15) is 9.18 Å². The van der Waals surface area contributed by atoms with Crippen molar-refractivity contribution in [2.45, 2.75) is 51.7 Å². The van der Waals surface area contributed by atoms with Crippen LogP contribution in [0.3, 0.4) is 0 Å². The SMILES string of the molecule is CC(Cc1cc2cc(-c3ccc(F)cc3Cl)ccc2nc1N)C(=O)NC1CCOC(C)(C)C1. The van der Waals surface area contributed by atoms with Crippen molar-refractivity contribution in [3.63, 3.8) is 0 Å². The van der Waals surface area contributed by atoms with Gasteiger partial charge < -0.3 is 15.8 Å². The molecule has 0 spiro atoms. The average molecular weight is 470 g/mol. The molecule has 4 rings (SSSR count). The van der Waals surface area contributed by atoms with E-state index in [0.717, 1.165) is 40.4 Å². The fourth-order valence-electron chi connectivity index (χ4n) is 4.41. The number of carbonyl (C=O) groups excluding carboxylic acids is 1. The molecule has 1 amide bonds. The maximum atomic E-state index is 13.4. The van der Waals surface area contributed by atoms with Gasteiger partial charge in [0.25, 0.3) is 0 Å². The lowest BCUT2D eigenvalue weighted by atomic mass is 9.92. The first-order valence-electron chi connectivity index (χ1n) is 11.2. The molecule has 2 atom stereocenters. The molecule has 0 bridgehead atoms. The quantitative estimate of drug-likeness (QED) is 0.515. The average Bonchev–Trinajstić information content (AvgIpc) is 2.73. The van der Waals surface area contributed by atoms with Crippen LogP contribution in [0.25, 0.3) is 22.0 Å². The number of nitrogens with zero attached hydrogens (tertiary/aromatic N) is 1. The molecule has 3 aromatic rings. The highest BCUT2D eigenvalue weighted by molar-refractivity contribution is 6.33. The monoisotopic (exact) mass is 469 g/mol. The zero-order valence-corrected chi connectivity index (χ0v) is 19.9. The number of pyridine rings is 1. The summed E-state index contributed by atoms with van der Waals surface area (Å²) < 4.78 is 19.2. The number of aromatic nitrogens is 1. The zero-order chi connectivity index (χ0) is 23.8. The van der Waals surface area contributed by atoms with Gasteiger partial charge in [0.15, 0.2) is 0 Å². The Morgan fingerprint density at radius 2 is 2.09 bits per heavy atom. The molecular formula is C26H29ClFN3O2. The van der Waals surface area contributed by atoms with Crippen LogP contribution in [0.15, 0.2) is 42.5 Å². The van der Waals surface area contributed by atoms with Crippen molar-refractivity contribution in [3.8, 4) is 11.1 Å². The Morgan fingerprint density at radius 3 is 2.82 bits per heavy atom. The number of carbonyl (C=O) groups is 1. The summed E-state index contributed by atoms with van der Waals surface area (Å²) in [6, 6.07) is 12.1. The highest BCUT2D eigenvalue weighted by Gasteiger charge is 2.30. The third-order valence-electron chi connectivity index (χ3n) is 6.19. The number of hydrogen-bond donors (Lipinski definition) is 2. The summed E-state index contributed by atoms with van der Waals surface area (Å²) in [6.07, 6.45) is 2.09. The van der Waals surface area contributed by atoms with Crippen molar-refractivity contribution in [1.82, 2.24) is 10.3 Å². The van der Waals surface area contributed by atoms with E-state index in [1.165, 1.54) is 12.1 Å². The minimum atomic E-state index is -0.377. The van der Waals surface area contributed by atoms with Gasteiger partial charge in [-0.3, -0.25) is 4.79 Å². The van der Waals surface area contributed by atoms with Crippen molar-refractivity contribution >= 4 is 34.2 Å². The first-order chi connectivity index (χ1) is 15.6.